The molecule has 0 aliphatic rings. The van der Waals surface area contributed by atoms with Gasteiger partial charge in [-0.1, -0.05) is 77.8 Å². The maximum atomic E-state index is 13.2. The van der Waals surface area contributed by atoms with Crippen molar-refractivity contribution in [2.24, 2.45) is 0 Å². The standard InChI is InChI=1S/C35H28Cl2F3N3O2/c1-22-16-24(8-14-31(22)41-19-34(44)45-2)20-43-21-32(29-13-12-28(36)18-30(29)37)42-33(43)15-9-23-6-10-25(11-7-23)26-4-3-5-27(17-26)35(38,39)40/h3-18,21,41H,19-20H2,1-2H3. The van der Waals surface area contributed by atoms with Crippen molar-refractivity contribution in [3.63, 3.8) is 0 Å². The molecule has 230 valence electrons. The molecule has 0 amide bonds. The summed E-state index contributed by atoms with van der Waals surface area (Å²) in [7, 11) is 1.35. The molecule has 5 aromatic rings. The molecular weight excluding hydrogens is 622 g/mol. The number of ether oxygens (including phenoxy) is 1. The van der Waals surface area contributed by atoms with Crippen LogP contribution in [0, 0.1) is 6.92 Å². The molecule has 0 bridgehead atoms. The normalized spacial score (nSPS) is 11.6. The van der Waals surface area contributed by atoms with Crippen LogP contribution in [0.1, 0.15) is 28.1 Å². The van der Waals surface area contributed by atoms with Gasteiger partial charge in [0.05, 0.1) is 23.4 Å². The summed E-state index contributed by atoms with van der Waals surface area (Å²) < 4.78 is 46.3. The molecule has 5 rings (SSSR count). The summed E-state index contributed by atoms with van der Waals surface area (Å²) >= 11 is 12.6. The number of methoxy groups -OCH3 is 1. The van der Waals surface area contributed by atoms with Gasteiger partial charge in [0, 0.05) is 29.0 Å². The lowest BCUT2D eigenvalue weighted by atomic mass is 10.0. The van der Waals surface area contributed by atoms with E-state index in [9.17, 15) is 18.0 Å². The van der Waals surface area contributed by atoms with Crippen molar-refractivity contribution in [3.05, 3.63) is 129 Å². The van der Waals surface area contributed by atoms with Gasteiger partial charge in [-0.15, -0.1) is 0 Å². The van der Waals surface area contributed by atoms with Crippen molar-refractivity contribution in [3.8, 4) is 22.4 Å². The molecule has 5 nitrogen and oxygen atoms in total. The molecule has 4 aromatic carbocycles. The molecule has 0 saturated heterocycles. The Bertz CT molecular complexity index is 1870. The molecule has 10 heteroatoms. The van der Waals surface area contributed by atoms with Gasteiger partial charge in [-0.25, -0.2) is 4.98 Å². The Morgan fingerprint density at radius 2 is 1.73 bits per heavy atom. The van der Waals surface area contributed by atoms with Gasteiger partial charge in [-0.3, -0.25) is 4.79 Å². The van der Waals surface area contributed by atoms with Crippen LogP contribution in [0.5, 0.6) is 0 Å². The maximum absolute atomic E-state index is 13.2. The molecule has 0 aliphatic carbocycles. The van der Waals surface area contributed by atoms with E-state index in [4.69, 9.17) is 32.9 Å². The highest BCUT2D eigenvalue weighted by molar-refractivity contribution is 6.36. The van der Waals surface area contributed by atoms with E-state index in [-0.39, 0.29) is 12.5 Å². The first-order valence-corrected chi connectivity index (χ1v) is 14.6. The predicted molar refractivity (Wildman–Crippen MR) is 174 cm³/mol. The fraction of sp³-hybridized carbons (Fsp3) is 0.143. The first-order valence-electron chi connectivity index (χ1n) is 13.9. The number of rotatable bonds is 9. The second-order valence-corrected chi connectivity index (χ2v) is 11.2. The maximum Gasteiger partial charge on any atom is 0.416 e. The number of hydrogen-bond donors (Lipinski definition) is 1. The minimum atomic E-state index is -4.40. The number of alkyl halides is 3. The van der Waals surface area contributed by atoms with E-state index >= 15 is 0 Å². The highest BCUT2D eigenvalue weighted by atomic mass is 35.5. The summed E-state index contributed by atoms with van der Waals surface area (Å²) in [5, 5.41) is 4.08. The molecular formula is C35H28Cl2F3N3O2. The van der Waals surface area contributed by atoms with E-state index in [1.807, 2.05) is 66.2 Å². The van der Waals surface area contributed by atoms with Gasteiger partial charge in [-0.05, 0) is 77.2 Å². The number of carbonyl (C=O) groups excluding carboxylic acids is 1. The van der Waals surface area contributed by atoms with Gasteiger partial charge in [0.1, 0.15) is 12.4 Å². The van der Waals surface area contributed by atoms with Crippen LogP contribution in [-0.2, 0) is 22.3 Å². The van der Waals surface area contributed by atoms with Crippen LogP contribution >= 0.6 is 23.2 Å². The lowest BCUT2D eigenvalue weighted by Crippen LogP contribution is -2.15. The van der Waals surface area contributed by atoms with E-state index in [0.29, 0.717) is 39.2 Å². The Morgan fingerprint density at radius 1 is 0.956 bits per heavy atom. The zero-order chi connectivity index (χ0) is 32.1. The van der Waals surface area contributed by atoms with Crippen LogP contribution in [0.3, 0.4) is 0 Å². The Morgan fingerprint density at radius 3 is 2.42 bits per heavy atom. The van der Waals surface area contributed by atoms with Crippen LogP contribution in [0.25, 0.3) is 34.5 Å². The van der Waals surface area contributed by atoms with E-state index in [1.165, 1.54) is 13.2 Å². The quantitative estimate of drug-likeness (QED) is 0.162. The number of nitrogens with zero attached hydrogens (tertiary/aromatic N) is 2. The van der Waals surface area contributed by atoms with Crippen molar-refractivity contribution in [2.75, 3.05) is 19.0 Å². The molecule has 0 aliphatic heterocycles. The van der Waals surface area contributed by atoms with E-state index < -0.39 is 11.7 Å². The van der Waals surface area contributed by atoms with Gasteiger partial charge < -0.3 is 14.6 Å². The number of halogens is 5. The van der Waals surface area contributed by atoms with E-state index in [0.717, 1.165) is 40.1 Å². The number of hydrogen-bond acceptors (Lipinski definition) is 4. The predicted octanol–water partition coefficient (Wildman–Crippen LogP) is 9.65. The number of aromatic nitrogens is 2. The summed E-state index contributed by atoms with van der Waals surface area (Å²) in [5.41, 5.74) is 5.55. The smallest absolute Gasteiger partial charge is 0.416 e. The van der Waals surface area contributed by atoms with Gasteiger partial charge in [0.25, 0.3) is 0 Å². The van der Waals surface area contributed by atoms with Gasteiger partial charge in [-0.2, -0.15) is 13.2 Å². The third-order valence-electron chi connectivity index (χ3n) is 7.17. The first kappa shape index (κ1) is 31.9. The summed E-state index contributed by atoms with van der Waals surface area (Å²) in [4.78, 5) is 16.4. The zero-order valence-corrected chi connectivity index (χ0v) is 25.8. The molecule has 1 aromatic heterocycles. The average molecular weight is 651 g/mol. The highest BCUT2D eigenvalue weighted by Crippen LogP contribution is 2.33. The van der Waals surface area contributed by atoms with Crippen LogP contribution in [0.4, 0.5) is 18.9 Å². The van der Waals surface area contributed by atoms with Gasteiger partial charge in [0.2, 0.25) is 0 Å². The Balaban J connectivity index is 1.42. The molecule has 45 heavy (non-hydrogen) atoms. The monoisotopic (exact) mass is 649 g/mol. The topological polar surface area (TPSA) is 56.1 Å². The van der Waals surface area contributed by atoms with E-state index in [2.05, 4.69) is 5.32 Å². The Labute approximate surface area is 268 Å². The molecule has 0 spiro atoms. The number of aryl methyl sites for hydroxylation is 1. The molecule has 0 fully saturated rings. The minimum Gasteiger partial charge on any atom is -0.468 e. The fourth-order valence-corrected chi connectivity index (χ4v) is 5.31. The highest BCUT2D eigenvalue weighted by Gasteiger charge is 2.30. The number of anilines is 1. The summed E-state index contributed by atoms with van der Waals surface area (Å²) in [5.74, 6) is 0.315. The SMILES string of the molecule is COC(=O)CNc1ccc(Cn2cc(-c3ccc(Cl)cc3Cl)nc2C=Cc2ccc(-c3cccc(C(F)(F)F)c3)cc2)cc1C. The average Bonchev–Trinajstić information content (AvgIpc) is 3.41. The molecule has 1 heterocycles. The second kappa shape index (κ2) is 13.6. The van der Waals surface area contributed by atoms with Gasteiger partial charge >= 0.3 is 12.1 Å². The third-order valence-corrected chi connectivity index (χ3v) is 7.72. The number of carbonyl (C=O) groups is 1. The minimum absolute atomic E-state index is 0.0687. The van der Waals surface area contributed by atoms with Gasteiger partial charge in [0.15, 0.2) is 0 Å². The van der Waals surface area contributed by atoms with Crippen LogP contribution in [0.15, 0.2) is 91.1 Å². The van der Waals surface area contributed by atoms with E-state index in [1.54, 1.807) is 30.3 Å². The van der Waals surface area contributed by atoms with Crippen molar-refractivity contribution in [2.45, 2.75) is 19.6 Å². The molecule has 0 radical (unpaired) electrons. The van der Waals surface area contributed by atoms with Crippen LogP contribution in [-0.4, -0.2) is 29.2 Å². The lowest BCUT2D eigenvalue weighted by Gasteiger charge is -2.11. The molecule has 0 saturated carbocycles. The number of nitrogens with one attached hydrogen (secondary N) is 1. The second-order valence-electron chi connectivity index (χ2n) is 10.3. The largest absolute Gasteiger partial charge is 0.468 e. The van der Waals surface area contributed by atoms with Crippen LogP contribution < -0.4 is 5.32 Å². The van der Waals surface area contributed by atoms with Crippen LogP contribution in [0.2, 0.25) is 10.0 Å². The molecule has 1 N–H and O–H groups in total. The zero-order valence-electron chi connectivity index (χ0n) is 24.3. The first-order chi connectivity index (χ1) is 21.5. The third kappa shape index (κ3) is 7.95. The fourth-order valence-electron chi connectivity index (χ4n) is 4.81. The van der Waals surface area contributed by atoms with Crippen molar-refractivity contribution in [1.29, 1.82) is 0 Å². The summed E-state index contributed by atoms with van der Waals surface area (Å²) in [6, 6.07) is 23.7. The lowest BCUT2D eigenvalue weighted by molar-refractivity contribution is -0.139. The van der Waals surface area contributed by atoms with Crippen molar-refractivity contribution < 1.29 is 22.7 Å². The number of imidazole rings is 1. The number of benzene rings is 4. The summed E-state index contributed by atoms with van der Waals surface area (Å²) in [6.45, 7) is 2.53. The molecule has 0 atom stereocenters. The van der Waals surface area contributed by atoms with Crippen molar-refractivity contribution >= 4 is 47.0 Å². The summed E-state index contributed by atoms with van der Waals surface area (Å²) in [6.07, 6.45) is 1.29. The Hall–Kier alpha value is -4.53. The number of esters is 1. The Kier molecular flexibility index (Phi) is 9.65. The molecule has 0 unspecified atom stereocenters. The van der Waals surface area contributed by atoms with Crippen molar-refractivity contribution in [1.82, 2.24) is 9.55 Å².